The molecule has 1 amide bonds. The van der Waals surface area contributed by atoms with E-state index in [9.17, 15) is 14.7 Å². The summed E-state index contributed by atoms with van der Waals surface area (Å²) in [6, 6.07) is 10.8. The third-order valence-electron chi connectivity index (χ3n) is 6.31. The molecule has 0 unspecified atom stereocenters. The molecule has 36 heavy (non-hydrogen) atoms. The number of amides is 1. The topological polar surface area (TPSA) is 124 Å². The summed E-state index contributed by atoms with van der Waals surface area (Å²) in [6.07, 6.45) is 4.85. The van der Waals surface area contributed by atoms with Crippen molar-refractivity contribution in [2.45, 2.75) is 39.0 Å². The number of ether oxygens (including phenoxy) is 2. The molecule has 2 aromatic heterocycles. The molecular formula is C26H28ClN3O6. The van der Waals surface area contributed by atoms with E-state index in [1.807, 2.05) is 18.2 Å². The molecule has 0 spiro atoms. The zero-order valence-electron chi connectivity index (χ0n) is 19.9. The van der Waals surface area contributed by atoms with Gasteiger partial charge in [-0.15, -0.1) is 0 Å². The van der Waals surface area contributed by atoms with Crippen LogP contribution in [-0.2, 0) is 16.0 Å². The van der Waals surface area contributed by atoms with Gasteiger partial charge < -0.3 is 19.1 Å². The fourth-order valence-electron chi connectivity index (χ4n) is 4.32. The number of rotatable bonds is 9. The summed E-state index contributed by atoms with van der Waals surface area (Å²) >= 11 is 6.14. The SMILES string of the molecule is Cc1noc(-c2ccc(OC[C@@H]3CCCC[C@H]3C(=O)O)cn2)c1NC(=O)OCCc1ccccc1Cl. The number of aromatic nitrogens is 2. The van der Waals surface area contributed by atoms with E-state index < -0.39 is 12.1 Å². The van der Waals surface area contributed by atoms with Crippen LogP contribution in [0.1, 0.15) is 36.9 Å². The summed E-state index contributed by atoms with van der Waals surface area (Å²) in [7, 11) is 0. The van der Waals surface area contributed by atoms with Crippen LogP contribution < -0.4 is 10.1 Å². The van der Waals surface area contributed by atoms with Crippen LogP contribution in [-0.4, -0.2) is 40.5 Å². The van der Waals surface area contributed by atoms with Gasteiger partial charge in [-0.1, -0.05) is 47.8 Å². The first-order valence-corrected chi connectivity index (χ1v) is 12.3. The maximum atomic E-state index is 12.4. The summed E-state index contributed by atoms with van der Waals surface area (Å²) < 4.78 is 16.5. The summed E-state index contributed by atoms with van der Waals surface area (Å²) in [4.78, 5) is 28.2. The molecule has 0 saturated heterocycles. The van der Waals surface area contributed by atoms with Crippen LogP contribution in [0.2, 0.25) is 5.02 Å². The van der Waals surface area contributed by atoms with Gasteiger partial charge in [0.1, 0.15) is 22.8 Å². The number of pyridine rings is 1. The lowest BCUT2D eigenvalue weighted by Gasteiger charge is -2.28. The van der Waals surface area contributed by atoms with Gasteiger partial charge in [-0.2, -0.15) is 0 Å². The molecule has 0 bridgehead atoms. The number of carbonyl (C=O) groups is 2. The Balaban J connectivity index is 1.34. The van der Waals surface area contributed by atoms with E-state index in [4.69, 9.17) is 25.6 Å². The molecule has 0 aliphatic heterocycles. The third-order valence-corrected chi connectivity index (χ3v) is 6.68. The molecular weight excluding hydrogens is 486 g/mol. The molecule has 2 N–H and O–H groups in total. The second-order valence-electron chi connectivity index (χ2n) is 8.75. The zero-order chi connectivity index (χ0) is 25.5. The number of nitrogens with zero attached hydrogens (tertiary/aromatic N) is 2. The molecule has 1 aromatic carbocycles. The predicted molar refractivity (Wildman–Crippen MR) is 133 cm³/mol. The zero-order valence-corrected chi connectivity index (χ0v) is 20.7. The first kappa shape index (κ1) is 25.5. The second-order valence-corrected chi connectivity index (χ2v) is 9.16. The lowest BCUT2D eigenvalue weighted by Crippen LogP contribution is -2.31. The number of halogens is 1. The Morgan fingerprint density at radius 2 is 2.00 bits per heavy atom. The molecule has 3 aromatic rings. The molecule has 0 radical (unpaired) electrons. The first-order valence-electron chi connectivity index (χ1n) is 11.9. The van der Waals surface area contributed by atoms with Gasteiger partial charge in [0.15, 0.2) is 0 Å². The molecule has 9 nitrogen and oxygen atoms in total. The number of carboxylic acid groups (broad SMARTS) is 1. The predicted octanol–water partition coefficient (Wildman–Crippen LogP) is 5.76. The highest BCUT2D eigenvalue weighted by molar-refractivity contribution is 6.31. The molecule has 1 fully saturated rings. The van der Waals surface area contributed by atoms with Gasteiger partial charge in [-0.05, 0) is 43.5 Å². The van der Waals surface area contributed by atoms with E-state index in [0.717, 1.165) is 24.8 Å². The summed E-state index contributed by atoms with van der Waals surface area (Å²) in [5.41, 5.74) is 2.19. The van der Waals surface area contributed by atoms with Crippen molar-refractivity contribution in [2.75, 3.05) is 18.5 Å². The normalized spacial score (nSPS) is 17.4. The number of anilines is 1. The monoisotopic (exact) mass is 513 g/mol. The Hall–Kier alpha value is -3.59. The van der Waals surface area contributed by atoms with Gasteiger partial charge in [0.25, 0.3) is 0 Å². The van der Waals surface area contributed by atoms with Crippen molar-refractivity contribution in [1.82, 2.24) is 10.1 Å². The summed E-state index contributed by atoms with van der Waals surface area (Å²) in [6.45, 7) is 2.18. The Kier molecular flexibility index (Phi) is 8.43. The second kappa shape index (κ2) is 11.9. The number of hydrogen-bond acceptors (Lipinski definition) is 7. The van der Waals surface area contributed by atoms with E-state index in [-0.39, 0.29) is 18.4 Å². The minimum absolute atomic E-state index is 0.0208. The van der Waals surface area contributed by atoms with Crippen molar-refractivity contribution in [2.24, 2.45) is 11.8 Å². The molecule has 1 aliphatic carbocycles. The van der Waals surface area contributed by atoms with E-state index >= 15 is 0 Å². The van der Waals surface area contributed by atoms with E-state index in [2.05, 4.69) is 15.5 Å². The maximum Gasteiger partial charge on any atom is 0.411 e. The Morgan fingerprint density at radius 3 is 2.75 bits per heavy atom. The molecule has 1 saturated carbocycles. The van der Waals surface area contributed by atoms with Crippen LogP contribution in [0.5, 0.6) is 5.75 Å². The highest BCUT2D eigenvalue weighted by Gasteiger charge is 2.31. The van der Waals surface area contributed by atoms with Gasteiger partial charge in [-0.3, -0.25) is 10.1 Å². The summed E-state index contributed by atoms with van der Waals surface area (Å²) in [5, 5.41) is 16.7. The number of hydrogen-bond donors (Lipinski definition) is 2. The lowest BCUT2D eigenvalue weighted by molar-refractivity contribution is -0.145. The standard InChI is InChI=1S/C26H28ClN3O6/c1-16-23(29-26(33)34-13-12-17-6-3-5-9-21(17)27)24(36-30-16)22-11-10-19(14-28-22)35-15-18-7-2-4-8-20(18)25(31)32/h3,5-6,9-11,14,18,20H,2,4,7-8,12-13,15H2,1H3,(H,29,33)(H,31,32)/t18-,20+/m0/s1. The van der Waals surface area contributed by atoms with Crippen molar-refractivity contribution in [1.29, 1.82) is 0 Å². The van der Waals surface area contributed by atoms with Crippen LogP contribution >= 0.6 is 11.6 Å². The summed E-state index contributed by atoms with van der Waals surface area (Å²) in [5.74, 6) is -0.341. The molecule has 190 valence electrons. The van der Waals surface area contributed by atoms with Crippen molar-refractivity contribution in [3.63, 3.8) is 0 Å². The highest BCUT2D eigenvalue weighted by Crippen LogP contribution is 2.32. The Labute approximate surface area is 213 Å². The Bertz CT molecular complexity index is 1200. The number of aryl methyl sites for hydroxylation is 1. The van der Waals surface area contributed by atoms with Gasteiger partial charge >= 0.3 is 12.1 Å². The average Bonchev–Trinajstić information content (AvgIpc) is 3.24. The van der Waals surface area contributed by atoms with Crippen LogP contribution in [0, 0.1) is 18.8 Å². The van der Waals surface area contributed by atoms with Gasteiger partial charge in [-0.25, -0.2) is 9.78 Å². The van der Waals surface area contributed by atoms with Crippen molar-refractivity contribution in [3.05, 3.63) is 58.9 Å². The fourth-order valence-corrected chi connectivity index (χ4v) is 4.55. The largest absolute Gasteiger partial charge is 0.492 e. The van der Waals surface area contributed by atoms with E-state index in [0.29, 0.717) is 53.1 Å². The number of aliphatic carboxylic acids is 1. The molecule has 2 heterocycles. The van der Waals surface area contributed by atoms with E-state index in [1.54, 1.807) is 25.1 Å². The van der Waals surface area contributed by atoms with Crippen LogP contribution in [0.4, 0.5) is 10.5 Å². The first-order chi connectivity index (χ1) is 17.4. The third kappa shape index (κ3) is 6.34. The van der Waals surface area contributed by atoms with Crippen molar-refractivity contribution >= 4 is 29.4 Å². The molecule has 1 aliphatic rings. The van der Waals surface area contributed by atoms with Gasteiger partial charge in [0, 0.05) is 17.4 Å². The quantitative estimate of drug-likeness (QED) is 0.370. The van der Waals surface area contributed by atoms with Gasteiger partial charge in [0.05, 0.1) is 25.3 Å². The Morgan fingerprint density at radius 1 is 1.19 bits per heavy atom. The van der Waals surface area contributed by atoms with Crippen LogP contribution in [0.3, 0.4) is 0 Å². The fraction of sp³-hybridized carbons (Fsp3) is 0.385. The maximum absolute atomic E-state index is 12.4. The average molecular weight is 514 g/mol. The molecule has 4 rings (SSSR count). The number of carboxylic acids is 1. The minimum atomic E-state index is -0.764. The lowest BCUT2D eigenvalue weighted by atomic mass is 9.80. The number of carbonyl (C=O) groups excluding carboxylic acids is 1. The number of benzene rings is 1. The molecule has 10 heteroatoms. The van der Waals surface area contributed by atoms with Crippen molar-refractivity contribution in [3.8, 4) is 17.2 Å². The van der Waals surface area contributed by atoms with Crippen molar-refractivity contribution < 1.29 is 28.7 Å². The number of nitrogens with one attached hydrogen (secondary N) is 1. The highest BCUT2D eigenvalue weighted by atomic mass is 35.5. The smallest absolute Gasteiger partial charge is 0.411 e. The molecule has 2 atom stereocenters. The van der Waals surface area contributed by atoms with Crippen LogP contribution in [0.25, 0.3) is 11.5 Å². The van der Waals surface area contributed by atoms with E-state index in [1.165, 1.54) is 6.20 Å². The minimum Gasteiger partial charge on any atom is -0.492 e. The van der Waals surface area contributed by atoms with Gasteiger partial charge in [0.2, 0.25) is 5.76 Å². The van der Waals surface area contributed by atoms with Crippen LogP contribution in [0.15, 0.2) is 47.1 Å².